The van der Waals surface area contributed by atoms with Crippen LogP contribution >= 0.6 is 12.4 Å². The maximum atomic E-state index is 11.9. The van der Waals surface area contributed by atoms with Crippen LogP contribution in [0.1, 0.15) is 20.3 Å². The predicted molar refractivity (Wildman–Crippen MR) is 73.6 cm³/mol. The van der Waals surface area contributed by atoms with E-state index in [1.807, 2.05) is 4.90 Å². The van der Waals surface area contributed by atoms with Crippen molar-refractivity contribution in [3.05, 3.63) is 0 Å². The normalized spacial score (nSPS) is 16.2. The SMILES string of the molecule is CC(C)CN(C)CCC(=O)N1CCNCC1.Cl. The zero-order chi connectivity index (χ0) is 12.0. The molecule has 0 aliphatic carbocycles. The average Bonchev–Trinajstić information content (AvgIpc) is 2.26. The van der Waals surface area contributed by atoms with Crippen molar-refractivity contribution in [3.63, 3.8) is 0 Å². The Kier molecular flexibility index (Phi) is 8.56. The third kappa shape index (κ3) is 6.86. The number of carbonyl (C=O) groups is 1. The van der Waals surface area contributed by atoms with Crippen LogP contribution in [0.15, 0.2) is 0 Å². The molecule has 0 spiro atoms. The van der Waals surface area contributed by atoms with Crippen LogP contribution in [0, 0.1) is 5.92 Å². The first-order chi connectivity index (χ1) is 7.59. The van der Waals surface area contributed by atoms with Gasteiger partial charge in [0.1, 0.15) is 0 Å². The van der Waals surface area contributed by atoms with Crippen molar-refractivity contribution in [1.82, 2.24) is 15.1 Å². The molecule has 1 saturated heterocycles. The fourth-order valence-corrected chi connectivity index (χ4v) is 2.07. The Morgan fingerprint density at radius 1 is 1.35 bits per heavy atom. The molecule has 1 amide bonds. The van der Waals surface area contributed by atoms with E-state index < -0.39 is 0 Å². The van der Waals surface area contributed by atoms with Gasteiger partial charge in [-0.2, -0.15) is 0 Å². The first-order valence-electron chi connectivity index (χ1n) is 6.26. The molecule has 1 fully saturated rings. The molecule has 0 aromatic heterocycles. The Balaban J connectivity index is 0.00000256. The van der Waals surface area contributed by atoms with Crippen LogP contribution in [-0.2, 0) is 4.79 Å². The van der Waals surface area contributed by atoms with E-state index in [0.717, 1.165) is 39.3 Å². The fourth-order valence-electron chi connectivity index (χ4n) is 2.07. The van der Waals surface area contributed by atoms with E-state index in [4.69, 9.17) is 0 Å². The third-order valence-corrected chi connectivity index (χ3v) is 2.85. The van der Waals surface area contributed by atoms with E-state index in [1.165, 1.54) is 0 Å². The summed E-state index contributed by atoms with van der Waals surface area (Å²) in [6.07, 6.45) is 0.656. The zero-order valence-corrected chi connectivity index (χ0v) is 12.1. The van der Waals surface area contributed by atoms with Crippen LogP contribution in [-0.4, -0.2) is 62.0 Å². The summed E-state index contributed by atoms with van der Waals surface area (Å²) in [6, 6.07) is 0. The molecule has 0 aromatic carbocycles. The summed E-state index contributed by atoms with van der Waals surface area (Å²) in [7, 11) is 2.09. The van der Waals surface area contributed by atoms with Crippen LogP contribution in [0.2, 0.25) is 0 Å². The fraction of sp³-hybridized carbons (Fsp3) is 0.917. The number of nitrogens with one attached hydrogen (secondary N) is 1. The molecule has 5 heteroatoms. The minimum atomic E-state index is 0. The minimum Gasteiger partial charge on any atom is -0.340 e. The van der Waals surface area contributed by atoms with Crippen LogP contribution in [0.25, 0.3) is 0 Å². The molecule has 1 heterocycles. The smallest absolute Gasteiger partial charge is 0.223 e. The van der Waals surface area contributed by atoms with Crippen molar-refractivity contribution in [2.45, 2.75) is 20.3 Å². The van der Waals surface area contributed by atoms with Gasteiger partial charge in [-0.25, -0.2) is 0 Å². The van der Waals surface area contributed by atoms with E-state index in [-0.39, 0.29) is 12.4 Å². The lowest BCUT2D eigenvalue weighted by Crippen LogP contribution is -2.47. The van der Waals surface area contributed by atoms with Crippen LogP contribution < -0.4 is 5.32 Å². The Morgan fingerprint density at radius 2 is 1.94 bits per heavy atom. The number of rotatable bonds is 5. The lowest BCUT2D eigenvalue weighted by molar-refractivity contribution is -0.132. The van der Waals surface area contributed by atoms with Gasteiger partial charge in [0.25, 0.3) is 0 Å². The lowest BCUT2D eigenvalue weighted by Gasteiger charge is -2.28. The van der Waals surface area contributed by atoms with Crippen molar-refractivity contribution < 1.29 is 4.79 Å². The molecule has 17 heavy (non-hydrogen) atoms. The summed E-state index contributed by atoms with van der Waals surface area (Å²) >= 11 is 0. The second-order valence-electron chi connectivity index (χ2n) is 5.04. The van der Waals surface area contributed by atoms with E-state index in [2.05, 4.69) is 31.1 Å². The standard InChI is InChI=1S/C12H25N3O.ClH/c1-11(2)10-14(3)7-4-12(16)15-8-5-13-6-9-15;/h11,13H,4-10H2,1-3H3;1H. The largest absolute Gasteiger partial charge is 0.340 e. The summed E-state index contributed by atoms with van der Waals surface area (Å²) in [4.78, 5) is 16.1. The Bertz CT molecular complexity index is 218. The quantitative estimate of drug-likeness (QED) is 0.798. The summed E-state index contributed by atoms with van der Waals surface area (Å²) in [5.41, 5.74) is 0. The maximum absolute atomic E-state index is 11.9. The molecule has 0 bridgehead atoms. The van der Waals surface area contributed by atoms with Gasteiger partial charge >= 0.3 is 0 Å². The van der Waals surface area contributed by atoms with Crippen molar-refractivity contribution in [1.29, 1.82) is 0 Å². The molecule has 0 aromatic rings. The van der Waals surface area contributed by atoms with Crippen molar-refractivity contribution >= 4 is 18.3 Å². The molecule has 0 radical (unpaired) electrons. The summed E-state index contributed by atoms with van der Waals surface area (Å²) in [5.74, 6) is 0.969. The predicted octanol–water partition coefficient (Wildman–Crippen LogP) is 0.818. The number of hydrogen-bond donors (Lipinski definition) is 1. The van der Waals surface area contributed by atoms with E-state index in [9.17, 15) is 4.79 Å². The number of halogens is 1. The van der Waals surface area contributed by atoms with Gasteiger partial charge in [-0.05, 0) is 13.0 Å². The Morgan fingerprint density at radius 3 is 2.47 bits per heavy atom. The monoisotopic (exact) mass is 263 g/mol. The van der Waals surface area contributed by atoms with Gasteiger partial charge in [-0.15, -0.1) is 12.4 Å². The highest BCUT2D eigenvalue weighted by Crippen LogP contribution is 2.00. The van der Waals surface area contributed by atoms with E-state index in [0.29, 0.717) is 18.2 Å². The van der Waals surface area contributed by atoms with E-state index >= 15 is 0 Å². The number of hydrogen-bond acceptors (Lipinski definition) is 3. The second-order valence-corrected chi connectivity index (χ2v) is 5.04. The highest BCUT2D eigenvalue weighted by atomic mass is 35.5. The third-order valence-electron chi connectivity index (χ3n) is 2.85. The molecular weight excluding hydrogens is 238 g/mol. The summed E-state index contributed by atoms with van der Waals surface area (Å²) < 4.78 is 0. The van der Waals surface area contributed by atoms with Gasteiger partial charge in [-0.1, -0.05) is 13.8 Å². The number of piperazine rings is 1. The van der Waals surface area contributed by atoms with E-state index in [1.54, 1.807) is 0 Å². The molecule has 1 N–H and O–H groups in total. The van der Waals surface area contributed by atoms with Crippen LogP contribution in [0.5, 0.6) is 0 Å². The lowest BCUT2D eigenvalue weighted by atomic mass is 10.2. The van der Waals surface area contributed by atoms with Crippen molar-refractivity contribution in [2.24, 2.45) is 5.92 Å². The van der Waals surface area contributed by atoms with Gasteiger partial charge in [0, 0.05) is 45.7 Å². The molecule has 1 rings (SSSR count). The Labute approximate surface area is 111 Å². The average molecular weight is 264 g/mol. The minimum absolute atomic E-state index is 0. The summed E-state index contributed by atoms with van der Waals surface area (Å²) in [6.45, 7) is 9.96. The number of amides is 1. The van der Waals surface area contributed by atoms with Crippen molar-refractivity contribution in [3.8, 4) is 0 Å². The molecule has 4 nitrogen and oxygen atoms in total. The highest BCUT2D eigenvalue weighted by molar-refractivity contribution is 5.85. The maximum Gasteiger partial charge on any atom is 0.223 e. The van der Waals surface area contributed by atoms with Crippen LogP contribution in [0.4, 0.5) is 0 Å². The van der Waals surface area contributed by atoms with Gasteiger partial charge < -0.3 is 15.1 Å². The van der Waals surface area contributed by atoms with Crippen LogP contribution in [0.3, 0.4) is 0 Å². The molecule has 102 valence electrons. The molecule has 0 saturated carbocycles. The summed E-state index contributed by atoms with van der Waals surface area (Å²) in [5, 5.41) is 3.26. The molecule has 0 atom stereocenters. The van der Waals surface area contributed by atoms with Crippen molar-refractivity contribution in [2.75, 3.05) is 46.3 Å². The first kappa shape index (κ1) is 16.7. The molecule has 0 unspecified atom stereocenters. The molecule has 1 aliphatic heterocycles. The second kappa shape index (κ2) is 8.72. The Hall–Kier alpha value is -0.320. The van der Waals surface area contributed by atoms with Gasteiger partial charge in [0.15, 0.2) is 0 Å². The molecular formula is C12H26ClN3O. The topological polar surface area (TPSA) is 35.6 Å². The number of nitrogens with zero attached hydrogens (tertiary/aromatic N) is 2. The van der Waals surface area contributed by atoms with Gasteiger partial charge in [0.05, 0.1) is 0 Å². The first-order valence-corrected chi connectivity index (χ1v) is 6.26. The zero-order valence-electron chi connectivity index (χ0n) is 11.2. The number of carbonyl (C=O) groups excluding carboxylic acids is 1. The van der Waals surface area contributed by atoms with Gasteiger partial charge in [0.2, 0.25) is 5.91 Å². The highest BCUT2D eigenvalue weighted by Gasteiger charge is 2.16. The molecule has 1 aliphatic rings. The van der Waals surface area contributed by atoms with Gasteiger partial charge in [-0.3, -0.25) is 4.79 Å².